The maximum atomic E-state index is 5.18. The van der Waals surface area contributed by atoms with Crippen molar-refractivity contribution in [2.45, 2.75) is 83.5 Å². The summed E-state index contributed by atoms with van der Waals surface area (Å²) in [5, 5.41) is 1.02. The molecule has 2 unspecified atom stereocenters. The molecule has 3 heterocycles. The van der Waals surface area contributed by atoms with E-state index in [-0.39, 0.29) is 30.9 Å². The average molecular weight is 591 g/mol. The van der Waals surface area contributed by atoms with Crippen LogP contribution in [0.2, 0.25) is 0 Å². The number of nitrogens with zero attached hydrogens (tertiary/aromatic N) is 5. The first-order chi connectivity index (χ1) is 14.1. The Morgan fingerprint density at radius 1 is 0.903 bits per heavy atom. The first-order valence-electron chi connectivity index (χ1n) is 11.1. The van der Waals surface area contributed by atoms with Crippen molar-refractivity contribution < 1.29 is 20.1 Å². The quantitative estimate of drug-likeness (QED) is 0.251. The van der Waals surface area contributed by atoms with E-state index >= 15 is 0 Å². The minimum atomic E-state index is -0.148. The molecule has 1 fully saturated rings. The van der Waals surface area contributed by atoms with Crippen molar-refractivity contribution in [1.29, 1.82) is 0 Å². The number of hydrogen-bond acceptors (Lipinski definition) is 4. The van der Waals surface area contributed by atoms with E-state index in [2.05, 4.69) is 63.1 Å². The van der Waals surface area contributed by atoms with Crippen molar-refractivity contribution in [3.8, 4) is 0 Å². The van der Waals surface area contributed by atoms with E-state index in [1.54, 1.807) is 0 Å². The van der Waals surface area contributed by atoms with Crippen LogP contribution in [0, 0.1) is 6.07 Å². The van der Waals surface area contributed by atoms with Gasteiger partial charge in [0.2, 0.25) is 0 Å². The molecule has 0 amide bonds. The van der Waals surface area contributed by atoms with Gasteiger partial charge in [-0.15, -0.1) is 23.3 Å². The SMILES string of the molecule is CC(C)(C)c1ncc2nc3c4[c-]c5c(cc4nc(C(C)(C)C)n3c2n1)C1CCC5C1.[Ir]. The molecular weight excluding hydrogens is 563 g/mol. The van der Waals surface area contributed by atoms with Gasteiger partial charge in [0.15, 0.2) is 5.65 Å². The number of aromatic nitrogens is 5. The Kier molecular flexibility index (Phi) is 4.43. The maximum absolute atomic E-state index is 5.18. The van der Waals surface area contributed by atoms with E-state index < -0.39 is 0 Å². The van der Waals surface area contributed by atoms with Crippen LogP contribution in [0.1, 0.15) is 95.4 Å². The molecule has 0 N–H and O–H groups in total. The second-order valence-corrected chi connectivity index (χ2v) is 11.2. The summed E-state index contributed by atoms with van der Waals surface area (Å²) >= 11 is 0. The van der Waals surface area contributed by atoms with Gasteiger partial charge < -0.3 is 4.40 Å². The fraction of sp³-hybridized carbons (Fsp3) is 0.520. The van der Waals surface area contributed by atoms with Crippen LogP contribution in [0.15, 0.2) is 12.3 Å². The fourth-order valence-electron chi connectivity index (χ4n) is 5.30. The number of benzene rings is 1. The third-order valence-corrected chi connectivity index (χ3v) is 6.80. The van der Waals surface area contributed by atoms with Crippen LogP contribution < -0.4 is 0 Å². The largest absolute Gasteiger partial charge is 0.306 e. The molecule has 1 radical (unpaired) electrons. The molecule has 2 bridgehead atoms. The van der Waals surface area contributed by atoms with E-state index in [1.807, 2.05) is 6.20 Å². The van der Waals surface area contributed by atoms with Gasteiger partial charge in [0, 0.05) is 30.9 Å². The minimum absolute atomic E-state index is 0. The molecule has 1 saturated carbocycles. The molecule has 0 saturated heterocycles. The summed E-state index contributed by atoms with van der Waals surface area (Å²) in [6.07, 6.45) is 5.75. The third kappa shape index (κ3) is 2.98. The van der Waals surface area contributed by atoms with Crippen LogP contribution in [0.5, 0.6) is 0 Å². The van der Waals surface area contributed by atoms with Crippen LogP contribution in [0.4, 0.5) is 0 Å². The second kappa shape index (κ2) is 6.55. The Labute approximate surface area is 196 Å². The molecule has 0 spiro atoms. The first-order valence-corrected chi connectivity index (χ1v) is 11.1. The van der Waals surface area contributed by atoms with E-state index in [0.29, 0.717) is 11.8 Å². The summed E-state index contributed by atoms with van der Waals surface area (Å²) in [6, 6.07) is 6.10. The summed E-state index contributed by atoms with van der Waals surface area (Å²) < 4.78 is 2.16. The Bertz CT molecular complexity index is 1360. The van der Waals surface area contributed by atoms with Crippen LogP contribution in [-0.2, 0) is 30.9 Å². The van der Waals surface area contributed by atoms with Gasteiger partial charge in [-0.05, 0) is 30.2 Å². The Balaban J connectivity index is 0.00000204. The maximum Gasteiger partial charge on any atom is 0.160 e. The number of fused-ring (bicyclic) bond motifs is 10. The molecule has 5 nitrogen and oxygen atoms in total. The summed E-state index contributed by atoms with van der Waals surface area (Å²) in [6.45, 7) is 13.0. The standard InChI is InChI=1S/C25H28N5.Ir/c1-24(2,3)22-26-12-19-21(29-22)30-20(27-19)17-10-15-13-7-8-14(9-13)16(15)11-18(17)28-23(30)25(4,5)6;/h11-14H,7-9H2,1-6H3;/q-1;. The Hall–Kier alpha value is -1.91. The number of rotatable bonds is 0. The van der Waals surface area contributed by atoms with E-state index in [4.69, 9.17) is 15.0 Å². The molecule has 1 aromatic carbocycles. The zero-order valence-electron chi connectivity index (χ0n) is 19.0. The van der Waals surface area contributed by atoms with E-state index in [1.165, 1.54) is 30.4 Å². The molecule has 2 atom stereocenters. The van der Waals surface area contributed by atoms with Crippen molar-refractivity contribution >= 4 is 27.7 Å². The van der Waals surface area contributed by atoms with Gasteiger partial charge in [0.25, 0.3) is 0 Å². The molecule has 0 aliphatic heterocycles. The predicted molar refractivity (Wildman–Crippen MR) is 119 cm³/mol. The van der Waals surface area contributed by atoms with Crippen LogP contribution in [0.3, 0.4) is 0 Å². The zero-order chi connectivity index (χ0) is 21.0. The smallest absolute Gasteiger partial charge is 0.160 e. The Morgan fingerprint density at radius 2 is 1.65 bits per heavy atom. The van der Waals surface area contributed by atoms with E-state index in [0.717, 1.165) is 39.4 Å². The predicted octanol–water partition coefficient (Wildman–Crippen LogP) is 5.58. The van der Waals surface area contributed by atoms with Crippen molar-refractivity contribution in [2.75, 3.05) is 0 Å². The molecule has 163 valence electrons. The van der Waals surface area contributed by atoms with Crippen molar-refractivity contribution in [3.05, 3.63) is 41.1 Å². The van der Waals surface area contributed by atoms with Crippen LogP contribution in [-0.4, -0.2) is 24.3 Å². The molecule has 3 aromatic heterocycles. The van der Waals surface area contributed by atoms with Crippen LogP contribution >= 0.6 is 0 Å². The van der Waals surface area contributed by atoms with Gasteiger partial charge in [0.05, 0.1) is 11.8 Å². The molecule has 4 aromatic rings. The summed E-state index contributed by atoms with van der Waals surface area (Å²) in [4.78, 5) is 19.8. The van der Waals surface area contributed by atoms with Gasteiger partial charge in [-0.2, -0.15) is 0 Å². The van der Waals surface area contributed by atoms with Gasteiger partial charge >= 0.3 is 0 Å². The molecule has 2 aliphatic rings. The minimum Gasteiger partial charge on any atom is -0.306 e. The third-order valence-electron chi connectivity index (χ3n) is 6.80. The number of hydrogen-bond donors (Lipinski definition) is 0. The fourth-order valence-corrected chi connectivity index (χ4v) is 5.30. The van der Waals surface area contributed by atoms with Gasteiger partial charge in [-0.1, -0.05) is 53.3 Å². The van der Waals surface area contributed by atoms with Crippen molar-refractivity contribution in [3.63, 3.8) is 0 Å². The molecule has 6 rings (SSSR count). The number of imidazole rings is 1. The second-order valence-electron chi connectivity index (χ2n) is 11.2. The van der Waals surface area contributed by atoms with Gasteiger partial charge in [-0.3, -0.25) is 9.97 Å². The summed E-state index contributed by atoms with van der Waals surface area (Å²) in [5.74, 6) is 3.17. The molecule has 31 heavy (non-hydrogen) atoms. The molecule has 2 aliphatic carbocycles. The summed E-state index contributed by atoms with van der Waals surface area (Å²) in [7, 11) is 0. The van der Waals surface area contributed by atoms with Crippen LogP contribution in [0.25, 0.3) is 27.7 Å². The summed E-state index contributed by atoms with van der Waals surface area (Å²) in [5.41, 5.74) is 6.18. The van der Waals surface area contributed by atoms with Crippen molar-refractivity contribution in [2.24, 2.45) is 0 Å². The van der Waals surface area contributed by atoms with Gasteiger partial charge in [-0.25, -0.2) is 9.97 Å². The topological polar surface area (TPSA) is 56.0 Å². The first kappa shape index (κ1) is 21.0. The molecule has 6 heteroatoms. The normalized spacial score (nSPS) is 20.6. The molecular formula is C25H28IrN5-. The van der Waals surface area contributed by atoms with Gasteiger partial charge in [0.1, 0.15) is 17.2 Å². The monoisotopic (exact) mass is 591 g/mol. The van der Waals surface area contributed by atoms with E-state index in [9.17, 15) is 0 Å². The zero-order valence-corrected chi connectivity index (χ0v) is 21.4. The Morgan fingerprint density at radius 3 is 2.35 bits per heavy atom. The average Bonchev–Trinajstić information content (AvgIpc) is 3.37. The van der Waals surface area contributed by atoms with Crippen molar-refractivity contribution in [1.82, 2.24) is 24.3 Å².